The van der Waals surface area contributed by atoms with Gasteiger partial charge in [0.25, 0.3) is 23.0 Å². The zero-order valence-electron chi connectivity index (χ0n) is 14.5. The van der Waals surface area contributed by atoms with Gasteiger partial charge in [0, 0.05) is 0 Å². The highest BCUT2D eigenvalue weighted by Gasteiger charge is 2.34. The van der Waals surface area contributed by atoms with Crippen molar-refractivity contribution in [3.8, 4) is 5.75 Å². The highest BCUT2D eigenvalue weighted by atomic mass is 32.2. The van der Waals surface area contributed by atoms with Crippen LogP contribution in [0.3, 0.4) is 0 Å². The number of rotatable bonds is 5. The fourth-order valence-electron chi connectivity index (χ4n) is 2.93. The molecule has 2 aromatic carbocycles. The lowest BCUT2D eigenvalue weighted by Crippen LogP contribution is -2.33. The fraction of sp³-hybridized carbons (Fsp3) is 0.100. The summed E-state index contributed by atoms with van der Waals surface area (Å²) in [5.41, 5.74) is 1.58. The van der Waals surface area contributed by atoms with E-state index in [0.717, 1.165) is 17.3 Å². The molecule has 0 radical (unpaired) electrons. The van der Waals surface area contributed by atoms with Gasteiger partial charge in [0.15, 0.2) is 0 Å². The van der Waals surface area contributed by atoms with Gasteiger partial charge in [0.05, 0.1) is 22.6 Å². The van der Waals surface area contributed by atoms with Gasteiger partial charge in [0.2, 0.25) is 0 Å². The van der Waals surface area contributed by atoms with Gasteiger partial charge >= 0.3 is 0 Å². The second-order valence-electron chi connectivity index (χ2n) is 6.08. The zero-order valence-corrected chi connectivity index (χ0v) is 15.3. The first-order valence-electron chi connectivity index (χ1n) is 8.46. The maximum absolute atomic E-state index is 12.3. The van der Waals surface area contributed by atoms with E-state index in [9.17, 15) is 19.2 Å². The minimum atomic E-state index is -0.406. The number of carbonyl (C=O) groups is 4. The normalized spacial score (nSPS) is 17.3. The molecule has 0 atom stereocenters. The van der Waals surface area contributed by atoms with Crippen LogP contribution < -0.4 is 10.1 Å². The third-order valence-corrected chi connectivity index (χ3v) is 5.09. The van der Waals surface area contributed by atoms with Gasteiger partial charge in [-0.1, -0.05) is 24.3 Å². The van der Waals surface area contributed by atoms with Crippen molar-refractivity contribution in [2.75, 3.05) is 13.2 Å². The highest BCUT2D eigenvalue weighted by Crippen LogP contribution is 2.26. The molecule has 2 aliphatic heterocycles. The number of nitrogens with one attached hydrogen (secondary N) is 1. The molecule has 1 saturated heterocycles. The standard InChI is InChI=1S/C20H14N2O5S/c23-17-16(28-20(26)21-17)11-12-5-7-13(8-6-12)27-10-9-22-18(24)14-3-1-2-4-15(14)19(22)25/h1-8,11H,9-10H2,(H,21,23,26). The summed E-state index contributed by atoms with van der Waals surface area (Å²) < 4.78 is 5.62. The summed E-state index contributed by atoms with van der Waals surface area (Å²) in [7, 11) is 0. The number of carbonyl (C=O) groups excluding carboxylic acids is 4. The largest absolute Gasteiger partial charge is 0.492 e. The van der Waals surface area contributed by atoms with E-state index in [0.29, 0.717) is 21.8 Å². The van der Waals surface area contributed by atoms with Crippen molar-refractivity contribution in [1.29, 1.82) is 0 Å². The third kappa shape index (κ3) is 3.41. The van der Waals surface area contributed by atoms with E-state index >= 15 is 0 Å². The summed E-state index contributed by atoms with van der Waals surface area (Å²) in [6.45, 7) is 0.315. The SMILES string of the molecule is O=C1NC(=O)C(=Cc2ccc(OCCN3C(=O)c4ccccc4C3=O)cc2)S1. The average Bonchev–Trinajstić information content (AvgIpc) is 3.14. The summed E-state index contributed by atoms with van der Waals surface area (Å²) >= 11 is 0.857. The molecule has 2 aliphatic rings. The first kappa shape index (κ1) is 18.0. The lowest BCUT2D eigenvalue weighted by atomic mass is 10.1. The van der Waals surface area contributed by atoms with Gasteiger partial charge in [-0.25, -0.2) is 0 Å². The van der Waals surface area contributed by atoms with E-state index in [1.165, 1.54) is 4.90 Å². The Hall–Kier alpha value is -3.39. The maximum Gasteiger partial charge on any atom is 0.290 e. The summed E-state index contributed by atoms with van der Waals surface area (Å²) in [5.74, 6) is -0.462. The van der Waals surface area contributed by atoms with Crippen LogP contribution in [0.15, 0.2) is 53.4 Å². The smallest absolute Gasteiger partial charge is 0.290 e. The molecule has 0 saturated carbocycles. The Morgan fingerprint density at radius 3 is 2.14 bits per heavy atom. The second kappa shape index (κ2) is 7.32. The Bertz CT molecular complexity index is 994. The molecule has 28 heavy (non-hydrogen) atoms. The topological polar surface area (TPSA) is 92.8 Å². The third-order valence-electron chi connectivity index (χ3n) is 4.28. The molecule has 0 bridgehead atoms. The van der Waals surface area contributed by atoms with Crippen molar-refractivity contribution in [3.63, 3.8) is 0 Å². The minimum absolute atomic E-state index is 0.150. The number of hydrogen-bond acceptors (Lipinski definition) is 6. The predicted octanol–water partition coefficient (Wildman–Crippen LogP) is 2.69. The van der Waals surface area contributed by atoms with E-state index in [4.69, 9.17) is 4.74 Å². The summed E-state index contributed by atoms with van der Waals surface area (Å²) in [6.07, 6.45) is 1.62. The lowest BCUT2D eigenvalue weighted by molar-refractivity contribution is -0.115. The van der Waals surface area contributed by atoms with Gasteiger partial charge in [0.1, 0.15) is 12.4 Å². The van der Waals surface area contributed by atoms with Crippen LogP contribution in [0.25, 0.3) is 6.08 Å². The number of imide groups is 2. The molecule has 1 N–H and O–H groups in total. The Kier molecular flexibility index (Phi) is 4.70. The first-order valence-corrected chi connectivity index (χ1v) is 9.27. The van der Waals surface area contributed by atoms with Gasteiger partial charge in [-0.05, 0) is 47.7 Å². The Morgan fingerprint density at radius 2 is 1.57 bits per heavy atom. The molecule has 140 valence electrons. The maximum atomic E-state index is 12.3. The molecule has 8 heteroatoms. The summed E-state index contributed by atoms with van der Waals surface area (Å²) in [5, 5.41) is 1.81. The molecule has 2 heterocycles. The van der Waals surface area contributed by atoms with E-state index < -0.39 is 5.91 Å². The molecule has 1 fully saturated rings. The Balaban J connectivity index is 1.35. The molecule has 2 aromatic rings. The average molecular weight is 394 g/mol. The van der Waals surface area contributed by atoms with Crippen LogP contribution in [-0.4, -0.2) is 41.0 Å². The monoisotopic (exact) mass is 394 g/mol. The zero-order chi connectivity index (χ0) is 19.7. The summed E-state index contributed by atoms with van der Waals surface area (Å²) in [4.78, 5) is 48.8. The van der Waals surface area contributed by atoms with Crippen LogP contribution in [0.1, 0.15) is 26.3 Å². The number of fused-ring (bicyclic) bond motifs is 1. The lowest BCUT2D eigenvalue weighted by Gasteiger charge is -2.14. The second-order valence-corrected chi connectivity index (χ2v) is 7.09. The molecule has 4 amide bonds. The number of ether oxygens (including phenoxy) is 1. The van der Waals surface area contributed by atoms with Crippen molar-refractivity contribution < 1.29 is 23.9 Å². The van der Waals surface area contributed by atoms with Crippen LogP contribution in [0.4, 0.5) is 4.79 Å². The van der Waals surface area contributed by atoms with Crippen molar-refractivity contribution in [1.82, 2.24) is 10.2 Å². The number of nitrogens with zero attached hydrogens (tertiary/aromatic N) is 1. The van der Waals surface area contributed by atoms with Gasteiger partial charge in [-0.3, -0.25) is 29.4 Å². The fourth-order valence-corrected chi connectivity index (χ4v) is 3.61. The van der Waals surface area contributed by atoms with Crippen LogP contribution in [-0.2, 0) is 4.79 Å². The Labute approximate surface area is 164 Å². The van der Waals surface area contributed by atoms with Crippen LogP contribution in [0.2, 0.25) is 0 Å². The first-order chi connectivity index (χ1) is 13.5. The molecule has 0 aromatic heterocycles. The predicted molar refractivity (Wildman–Crippen MR) is 103 cm³/mol. The number of hydrogen-bond donors (Lipinski definition) is 1. The van der Waals surface area contributed by atoms with Gasteiger partial charge in [-0.2, -0.15) is 0 Å². The molecule has 7 nitrogen and oxygen atoms in total. The van der Waals surface area contributed by atoms with Crippen molar-refractivity contribution >= 4 is 40.8 Å². The van der Waals surface area contributed by atoms with E-state index in [2.05, 4.69) is 5.32 Å². The van der Waals surface area contributed by atoms with Crippen molar-refractivity contribution in [3.05, 3.63) is 70.1 Å². The van der Waals surface area contributed by atoms with Crippen LogP contribution in [0.5, 0.6) is 5.75 Å². The van der Waals surface area contributed by atoms with E-state index in [1.807, 2.05) is 0 Å². The molecular formula is C20H14N2O5S. The van der Waals surface area contributed by atoms with Crippen LogP contribution >= 0.6 is 11.8 Å². The highest BCUT2D eigenvalue weighted by molar-refractivity contribution is 8.18. The molecular weight excluding hydrogens is 380 g/mol. The molecule has 0 unspecified atom stereocenters. The van der Waals surface area contributed by atoms with Crippen LogP contribution in [0, 0.1) is 0 Å². The van der Waals surface area contributed by atoms with Gasteiger partial charge in [-0.15, -0.1) is 0 Å². The summed E-state index contributed by atoms with van der Waals surface area (Å²) in [6, 6.07) is 13.7. The van der Waals surface area contributed by atoms with E-state index in [-0.39, 0.29) is 30.2 Å². The van der Waals surface area contributed by atoms with Crippen molar-refractivity contribution in [2.45, 2.75) is 0 Å². The quantitative estimate of drug-likeness (QED) is 0.619. The molecule has 0 aliphatic carbocycles. The minimum Gasteiger partial charge on any atom is -0.492 e. The number of thioether (sulfide) groups is 1. The van der Waals surface area contributed by atoms with Gasteiger partial charge < -0.3 is 4.74 Å². The van der Waals surface area contributed by atoms with E-state index in [1.54, 1.807) is 54.6 Å². The number of amides is 4. The Morgan fingerprint density at radius 1 is 0.929 bits per heavy atom. The van der Waals surface area contributed by atoms with Crippen molar-refractivity contribution in [2.24, 2.45) is 0 Å². The molecule has 4 rings (SSSR count). The number of benzene rings is 2. The molecule has 0 spiro atoms.